The number of hydrogen-bond acceptors (Lipinski definition) is 6. The zero-order chi connectivity index (χ0) is 21.6. The summed E-state index contributed by atoms with van der Waals surface area (Å²) >= 11 is 1.58. The molecule has 7 nitrogen and oxygen atoms in total. The summed E-state index contributed by atoms with van der Waals surface area (Å²) in [4.78, 5) is 37.4. The largest absolute Gasteiger partial charge is 0.370 e. The molecule has 162 valence electrons. The van der Waals surface area contributed by atoms with Crippen molar-refractivity contribution in [3.63, 3.8) is 0 Å². The van der Waals surface area contributed by atoms with Gasteiger partial charge in [-0.25, -0.2) is 4.98 Å². The summed E-state index contributed by atoms with van der Waals surface area (Å²) < 4.78 is 0. The maximum absolute atomic E-state index is 13.5. The molecule has 2 aromatic rings. The van der Waals surface area contributed by atoms with Gasteiger partial charge in [-0.3, -0.25) is 9.59 Å². The van der Waals surface area contributed by atoms with Crippen molar-refractivity contribution in [1.82, 2.24) is 14.8 Å². The van der Waals surface area contributed by atoms with E-state index in [2.05, 4.69) is 16.0 Å². The summed E-state index contributed by atoms with van der Waals surface area (Å²) in [7, 11) is 0. The predicted molar refractivity (Wildman–Crippen MR) is 120 cm³/mol. The number of anilines is 1. The topological polar surface area (TPSA) is 80.5 Å². The number of nitrogens with zero attached hydrogens (tertiary/aromatic N) is 5. The summed E-state index contributed by atoms with van der Waals surface area (Å²) in [5, 5.41) is 12.5. The third-order valence-electron chi connectivity index (χ3n) is 6.95. The van der Waals surface area contributed by atoms with E-state index < -0.39 is 0 Å². The second kappa shape index (κ2) is 7.79. The van der Waals surface area contributed by atoms with Gasteiger partial charge in [-0.1, -0.05) is 0 Å². The van der Waals surface area contributed by atoms with E-state index in [1.54, 1.807) is 17.5 Å². The number of hydrogen-bond donors (Lipinski definition) is 0. The van der Waals surface area contributed by atoms with Gasteiger partial charge in [0.05, 0.1) is 22.7 Å². The third kappa shape index (κ3) is 3.76. The number of fused-ring (bicyclic) bond motifs is 1. The van der Waals surface area contributed by atoms with E-state index in [9.17, 15) is 14.9 Å². The van der Waals surface area contributed by atoms with Crippen molar-refractivity contribution in [2.45, 2.75) is 32.6 Å². The standard InChI is InChI=1S/C23H27N5O2S/c1-23(15-24)5-7-26(8-6-23)19-17-4-13-31-20(17)25-14-18(19)22(30)28-11-9-27(10-12-28)21(29)16-2-3-16/h4,13-14,16H,2-3,5-12H2,1H3. The molecule has 3 fully saturated rings. The van der Waals surface area contributed by atoms with Crippen LogP contribution in [0.3, 0.4) is 0 Å². The van der Waals surface area contributed by atoms with Crippen molar-refractivity contribution < 1.29 is 9.59 Å². The minimum Gasteiger partial charge on any atom is -0.370 e. The Morgan fingerprint density at radius 3 is 2.45 bits per heavy atom. The van der Waals surface area contributed by atoms with Gasteiger partial charge in [-0.2, -0.15) is 5.26 Å². The minimum absolute atomic E-state index is 0.0114. The molecule has 0 atom stereocenters. The Hall–Kier alpha value is -2.66. The number of pyridine rings is 1. The molecule has 8 heteroatoms. The van der Waals surface area contributed by atoms with Crippen molar-refractivity contribution in [3.8, 4) is 6.07 Å². The highest BCUT2D eigenvalue weighted by Crippen LogP contribution is 2.38. The van der Waals surface area contributed by atoms with Gasteiger partial charge in [0.2, 0.25) is 5.91 Å². The van der Waals surface area contributed by atoms with Crippen LogP contribution in [0.1, 0.15) is 43.0 Å². The van der Waals surface area contributed by atoms with Crippen LogP contribution in [-0.4, -0.2) is 65.9 Å². The number of amides is 2. The van der Waals surface area contributed by atoms with Gasteiger partial charge in [0.25, 0.3) is 5.91 Å². The first-order valence-corrected chi connectivity index (χ1v) is 12.0. The van der Waals surface area contributed by atoms with Crippen molar-refractivity contribution in [2.75, 3.05) is 44.2 Å². The lowest BCUT2D eigenvalue weighted by molar-refractivity contribution is -0.134. The van der Waals surface area contributed by atoms with Crippen molar-refractivity contribution in [3.05, 3.63) is 23.2 Å². The fraction of sp³-hybridized carbons (Fsp3) is 0.565. The molecule has 1 aliphatic carbocycles. The quantitative estimate of drug-likeness (QED) is 0.737. The lowest BCUT2D eigenvalue weighted by atomic mass is 9.81. The number of piperazine rings is 1. The van der Waals surface area contributed by atoms with E-state index in [0.717, 1.165) is 54.7 Å². The van der Waals surface area contributed by atoms with E-state index in [1.807, 2.05) is 28.2 Å². The number of nitriles is 1. The Kier molecular flexibility index (Phi) is 5.09. The molecule has 0 unspecified atom stereocenters. The van der Waals surface area contributed by atoms with Crippen molar-refractivity contribution >= 4 is 39.1 Å². The van der Waals surface area contributed by atoms with Crippen LogP contribution >= 0.6 is 11.3 Å². The number of thiophene rings is 1. The monoisotopic (exact) mass is 437 g/mol. The highest BCUT2D eigenvalue weighted by molar-refractivity contribution is 7.16. The Morgan fingerprint density at radius 1 is 1.13 bits per heavy atom. The van der Waals surface area contributed by atoms with E-state index in [0.29, 0.717) is 31.7 Å². The van der Waals surface area contributed by atoms with Crippen LogP contribution in [0, 0.1) is 22.7 Å². The molecule has 2 aliphatic heterocycles. The van der Waals surface area contributed by atoms with Crippen LogP contribution in [0.2, 0.25) is 0 Å². The van der Waals surface area contributed by atoms with Crippen LogP contribution < -0.4 is 4.90 Å². The van der Waals surface area contributed by atoms with Crippen LogP contribution in [0.4, 0.5) is 5.69 Å². The molecule has 2 saturated heterocycles. The Labute approximate surface area is 186 Å². The van der Waals surface area contributed by atoms with Gasteiger partial charge in [0.1, 0.15) is 4.83 Å². The van der Waals surface area contributed by atoms with Crippen LogP contribution in [0.25, 0.3) is 10.2 Å². The predicted octanol–water partition coefficient (Wildman–Crippen LogP) is 3.12. The number of carbonyl (C=O) groups excluding carboxylic acids is 2. The van der Waals surface area contributed by atoms with Crippen molar-refractivity contribution in [2.24, 2.45) is 11.3 Å². The van der Waals surface area contributed by atoms with E-state index in [-0.39, 0.29) is 23.1 Å². The molecule has 0 N–H and O–H groups in total. The molecule has 0 aromatic carbocycles. The first kappa shape index (κ1) is 20.3. The van der Waals surface area contributed by atoms with Gasteiger partial charge in [-0.05, 0) is 44.1 Å². The smallest absolute Gasteiger partial charge is 0.257 e. The molecule has 1 saturated carbocycles. The van der Waals surface area contributed by atoms with E-state index in [4.69, 9.17) is 0 Å². The molecule has 2 amide bonds. The first-order valence-electron chi connectivity index (χ1n) is 11.1. The highest BCUT2D eigenvalue weighted by Gasteiger charge is 2.36. The summed E-state index contributed by atoms with van der Waals surface area (Å²) in [6.45, 7) is 5.86. The summed E-state index contributed by atoms with van der Waals surface area (Å²) in [5.74, 6) is 0.461. The molecule has 31 heavy (non-hydrogen) atoms. The summed E-state index contributed by atoms with van der Waals surface area (Å²) in [5.41, 5.74) is 1.28. The zero-order valence-electron chi connectivity index (χ0n) is 17.8. The van der Waals surface area contributed by atoms with Gasteiger partial charge in [0.15, 0.2) is 0 Å². The van der Waals surface area contributed by atoms with Crippen LogP contribution in [0.5, 0.6) is 0 Å². The van der Waals surface area contributed by atoms with Gasteiger partial charge < -0.3 is 14.7 Å². The van der Waals surface area contributed by atoms with Crippen LogP contribution in [0.15, 0.2) is 17.6 Å². The second-order valence-electron chi connectivity index (χ2n) is 9.21. The SMILES string of the molecule is CC1(C#N)CCN(c2c(C(=O)N3CCN(C(=O)C4CC4)CC3)cnc3sccc23)CC1. The van der Waals surface area contributed by atoms with E-state index in [1.165, 1.54) is 0 Å². The fourth-order valence-electron chi connectivity index (χ4n) is 4.63. The maximum Gasteiger partial charge on any atom is 0.257 e. The average molecular weight is 438 g/mol. The molecular formula is C23H27N5O2S. The number of rotatable bonds is 3. The fourth-order valence-corrected chi connectivity index (χ4v) is 5.37. The zero-order valence-corrected chi connectivity index (χ0v) is 18.7. The molecule has 2 aromatic heterocycles. The lowest BCUT2D eigenvalue weighted by Crippen LogP contribution is -2.51. The van der Waals surface area contributed by atoms with Gasteiger partial charge in [0, 0.05) is 56.8 Å². The number of aromatic nitrogens is 1. The van der Waals surface area contributed by atoms with Gasteiger partial charge >= 0.3 is 0 Å². The Bertz CT molecular complexity index is 1050. The summed E-state index contributed by atoms with van der Waals surface area (Å²) in [6, 6.07) is 4.50. The molecule has 0 bridgehead atoms. The van der Waals surface area contributed by atoms with Crippen molar-refractivity contribution in [1.29, 1.82) is 5.26 Å². The summed E-state index contributed by atoms with van der Waals surface area (Å²) in [6.07, 6.45) is 5.30. The maximum atomic E-state index is 13.5. The number of piperidine rings is 1. The molecular weight excluding hydrogens is 410 g/mol. The first-order chi connectivity index (χ1) is 15.0. The molecule has 4 heterocycles. The minimum atomic E-state index is -0.300. The van der Waals surface area contributed by atoms with E-state index >= 15 is 0 Å². The third-order valence-corrected chi connectivity index (χ3v) is 7.78. The average Bonchev–Trinajstić information content (AvgIpc) is 3.55. The normalized spacial score (nSPS) is 21.2. The molecule has 0 spiro atoms. The number of carbonyl (C=O) groups is 2. The molecule has 0 radical (unpaired) electrons. The molecule has 5 rings (SSSR count). The Balaban J connectivity index is 1.38. The molecule has 3 aliphatic rings. The highest BCUT2D eigenvalue weighted by atomic mass is 32.1. The van der Waals surface area contributed by atoms with Gasteiger partial charge in [-0.15, -0.1) is 11.3 Å². The Morgan fingerprint density at radius 2 is 1.81 bits per heavy atom. The van der Waals surface area contributed by atoms with Crippen LogP contribution in [-0.2, 0) is 4.79 Å². The second-order valence-corrected chi connectivity index (χ2v) is 10.1. The lowest BCUT2D eigenvalue weighted by Gasteiger charge is -2.38.